The molecule has 5 aromatic rings. The van der Waals surface area contributed by atoms with Crippen LogP contribution in [-0.2, 0) is 4.79 Å². The number of ether oxygens (including phenoxy) is 1. The lowest BCUT2D eigenvalue weighted by atomic mass is 10.2. The Morgan fingerprint density at radius 1 is 1.00 bits per heavy atom. The van der Waals surface area contributed by atoms with E-state index in [2.05, 4.69) is 15.6 Å². The second kappa shape index (κ2) is 10.7. The Bertz CT molecular complexity index is 1950. The minimum Gasteiger partial charge on any atom is -0.453 e. The van der Waals surface area contributed by atoms with Crippen molar-refractivity contribution < 1.29 is 23.1 Å². The lowest BCUT2D eigenvalue weighted by Gasteiger charge is -2.14. The van der Waals surface area contributed by atoms with Crippen LogP contribution in [0.2, 0.25) is 5.02 Å². The molecule has 2 N–H and O–H groups in total. The number of hydrogen-bond acceptors (Lipinski definition) is 5. The molecule has 2 amide bonds. The van der Waals surface area contributed by atoms with E-state index in [1.165, 1.54) is 28.8 Å². The molecule has 0 unspecified atom stereocenters. The van der Waals surface area contributed by atoms with Gasteiger partial charge in [0.15, 0.2) is 17.4 Å². The maximum absolute atomic E-state index is 15.0. The van der Waals surface area contributed by atoms with Gasteiger partial charge < -0.3 is 19.8 Å². The Morgan fingerprint density at radius 2 is 1.81 bits per heavy atom. The zero-order chi connectivity index (χ0) is 29.5. The minimum absolute atomic E-state index is 0.00314. The van der Waals surface area contributed by atoms with E-state index in [4.69, 9.17) is 16.3 Å². The SMILES string of the molecule is Cc1ccc(C(=O)Nc2ccc(Oc3ccc4nc(NC(=O)C5CC5)cn4c3)c(F)c2)c(=O)n1-c1ccc(F)cc1Cl. The van der Waals surface area contributed by atoms with E-state index in [0.29, 0.717) is 22.9 Å². The zero-order valence-corrected chi connectivity index (χ0v) is 22.8. The number of carbonyl (C=O) groups excluding carboxylic acids is 2. The molecule has 0 radical (unpaired) electrons. The molecule has 0 saturated heterocycles. The highest BCUT2D eigenvalue weighted by Crippen LogP contribution is 2.31. The highest BCUT2D eigenvalue weighted by Gasteiger charge is 2.30. The van der Waals surface area contributed by atoms with Gasteiger partial charge in [-0.1, -0.05) is 11.6 Å². The number of aromatic nitrogens is 3. The highest BCUT2D eigenvalue weighted by molar-refractivity contribution is 6.32. The van der Waals surface area contributed by atoms with Crippen LogP contribution in [0, 0.1) is 24.5 Å². The van der Waals surface area contributed by atoms with Gasteiger partial charge in [0.2, 0.25) is 5.91 Å². The first-order valence-corrected chi connectivity index (χ1v) is 13.3. The Hall–Kier alpha value is -5.03. The van der Waals surface area contributed by atoms with Gasteiger partial charge in [-0.05, 0) is 74.4 Å². The zero-order valence-electron chi connectivity index (χ0n) is 22.0. The molecule has 0 spiro atoms. The van der Waals surface area contributed by atoms with Crippen LogP contribution in [0.15, 0.2) is 77.9 Å². The summed E-state index contributed by atoms with van der Waals surface area (Å²) in [7, 11) is 0. The van der Waals surface area contributed by atoms with E-state index in [1.54, 1.807) is 41.9 Å². The molecule has 1 saturated carbocycles. The molecule has 42 heavy (non-hydrogen) atoms. The van der Waals surface area contributed by atoms with Crippen molar-refractivity contribution in [3.05, 3.63) is 111 Å². The Kier molecular flexibility index (Phi) is 6.95. The number of nitrogens with zero attached hydrogens (tertiary/aromatic N) is 3. The van der Waals surface area contributed by atoms with Crippen LogP contribution in [0.3, 0.4) is 0 Å². The van der Waals surface area contributed by atoms with Gasteiger partial charge in [-0.2, -0.15) is 0 Å². The third-order valence-electron chi connectivity index (χ3n) is 6.71. The fraction of sp³-hybridized carbons (Fsp3) is 0.133. The topological polar surface area (TPSA) is 107 Å². The van der Waals surface area contributed by atoms with Crippen LogP contribution >= 0.6 is 11.6 Å². The molecule has 1 aliphatic carbocycles. The largest absolute Gasteiger partial charge is 0.453 e. The molecule has 9 nitrogen and oxygen atoms in total. The molecule has 1 fully saturated rings. The molecule has 3 aromatic heterocycles. The van der Waals surface area contributed by atoms with Gasteiger partial charge in [0.25, 0.3) is 11.5 Å². The van der Waals surface area contributed by atoms with Crippen LogP contribution in [-0.4, -0.2) is 25.8 Å². The molecular formula is C30H22ClF2N5O4. The number of hydrogen-bond donors (Lipinski definition) is 2. The number of anilines is 2. The lowest BCUT2D eigenvalue weighted by molar-refractivity contribution is -0.117. The molecular weight excluding hydrogens is 568 g/mol. The summed E-state index contributed by atoms with van der Waals surface area (Å²) in [6.45, 7) is 1.65. The van der Waals surface area contributed by atoms with Crippen LogP contribution < -0.4 is 20.9 Å². The fourth-order valence-electron chi connectivity index (χ4n) is 4.42. The summed E-state index contributed by atoms with van der Waals surface area (Å²) in [6, 6.07) is 13.6. The first-order chi connectivity index (χ1) is 20.2. The number of amides is 2. The standard InChI is InChI=1S/C30H22ClF2N5O4/c1-16-2-8-21(30(41)38(16)24-9-5-18(32)12-22(24)31)29(40)34-19-6-10-25(23(33)13-19)42-20-7-11-27-35-26(15-37(27)14-20)36-28(39)17-3-4-17/h2,5-15,17H,3-4H2,1H3,(H,34,40)(H,36,39). The molecule has 0 aliphatic heterocycles. The number of imidazole rings is 1. The lowest BCUT2D eigenvalue weighted by Crippen LogP contribution is -2.29. The number of pyridine rings is 2. The van der Waals surface area contributed by atoms with Crippen LogP contribution in [0.25, 0.3) is 11.3 Å². The summed E-state index contributed by atoms with van der Waals surface area (Å²) in [5.74, 6) is -1.48. The van der Waals surface area contributed by atoms with Gasteiger partial charge >= 0.3 is 0 Å². The van der Waals surface area contributed by atoms with Crippen molar-refractivity contribution in [1.29, 1.82) is 0 Å². The fourth-order valence-corrected chi connectivity index (χ4v) is 4.67. The molecule has 0 atom stereocenters. The van der Waals surface area contributed by atoms with Gasteiger partial charge in [-0.15, -0.1) is 0 Å². The second-order valence-corrected chi connectivity index (χ2v) is 10.3. The van der Waals surface area contributed by atoms with Crippen molar-refractivity contribution in [3.63, 3.8) is 0 Å². The van der Waals surface area contributed by atoms with E-state index in [1.807, 2.05) is 0 Å². The van der Waals surface area contributed by atoms with Gasteiger partial charge in [-0.3, -0.25) is 19.0 Å². The van der Waals surface area contributed by atoms with Crippen LogP contribution in [0.5, 0.6) is 11.5 Å². The second-order valence-electron chi connectivity index (χ2n) is 9.85. The normalized spacial score (nSPS) is 12.8. The van der Waals surface area contributed by atoms with Crippen LogP contribution in [0.4, 0.5) is 20.3 Å². The minimum atomic E-state index is -0.768. The first-order valence-electron chi connectivity index (χ1n) is 12.9. The number of halogens is 3. The average molecular weight is 590 g/mol. The average Bonchev–Trinajstić information content (AvgIpc) is 3.72. The Labute approximate surface area is 242 Å². The van der Waals surface area contributed by atoms with Crippen molar-refractivity contribution in [1.82, 2.24) is 14.0 Å². The number of rotatable bonds is 7. The molecule has 0 bridgehead atoms. The summed E-state index contributed by atoms with van der Waals surface area (Å²) in [5, 5.41) is 5.30. The van der Waals surface area contributed by atoms with E-state index in [9.17, 15) is 23.2 Å². The van der Waals surface area contributed by atoms with Crippen molar-refractivity contribution in [2.45, 2.75) is 19.8 Å². The van der Waals surface area contributed by atoms with Gasteiger partial charge in [0, 0.05) is 23.4 Å². The molecule has 3 heterocycles. The number of benzene rings is 2. The molecule has 6 rings (SSSR count). The third kappa shape index (κ3) is 5.46. The van der Waals surface area contributed by atoms with Crippen molar-refractivity contribution in [2.75, 3.05) is 10.6 Å². The van der Waals surface area contributed by atoms with E-state index < -0.39 is 23.1 Å². The summed E-state index contributed by atoms with van der Waals surface area (Å²) >= 11 is 6.15. The summed E-state index contributed by atoms with van der Waals surface area (Å²) in [6.07, 6.45) is 4.99. The van der Waals surface area contributed by atoms with E-state index in [0.717, 1.165) is 31.0 Å². The summed E-state index contributed by atoms with van der Waals surface area (Å²) in [5.41, 5.74) is 0.470. The smallest absolute Gasteiger partial charge is 0.268 e. The maximum Gasteiger partial charge on any atom is 0.268 e. The van der Waals surface area contributed by atoms with Crippen LogP contribution in [0.1, 0.15) is 28.9 Å². The Balaban J connectivity index is 1.18. The van der Waals surface area contributed by atoms with Crippen molar-refractivity contribution in [3.8, 4) is 17.2 Å². The quantitative estimate of drug-likeness (QED) is 0.238. The Morgan fingerprint density at radius 3 is 2.55 bits per heavy atom. The third-order valence-corrected chi connectivity index (χ3v) is 7.02. The molecule has 2 aromatic carbocycles. The van der Waals surface area contributed by atoms with E-state index in [-0.39, 0.29) is 39.5 Å². The maximum atomic E-state index is 15.0. The predicted octanol–water partition coefficient (Wildman–Crippen LogP) is 6.12. The summed E-state index contributed by atoms with van der Waals surface area (Å²) in [4.78, 5) is 42.5. The summed E-state index contributed by atoms with van der Waals surface area (Å²) < 4.78 is 37.1. The first kappa shape index (κ1) is 27.2. The van der Waals surface area contributed by atoms with E-state index >= 15 is 0 Å². The van der Waals surface area contributed by atoms with Crippen molar-refractivity contribution >= 4 is 40.6 Å². The number of fused-ring (bicyclic) bond motifs is 1. The van der Waals surface area contributed by atoms with Crippen molar-refractivity contribution in [2.24, 2.45) is 5.92 Å². The number of aryl methyl sites for hydroxylation is 1. The molecule has 212 valence electrons. The predicted molar refractivity (Wildman–Crippen MR) is 153 cm³/mol. The molecule has 1 aliphatic rings. The number of carbonyl (C=O) groups is 2. The number of nitrogens with one attached hydrogen (secondary N) is 2. The highest BCUT2D eigenvalue weighted by atomic mass is 35.5. The monoisotopic (exact) mass is 589 g/mol. The van der Waals surface area contributed by atoms with Gasteiger partial charge in [0.05, 0.1) is 23.1 Å². The molecule has 12 heteroatoms. The van der Waals surface area contributed by atoms with Gasteiger partial charge in [-0.25, -0.2) is 13.8 Å². The van der Waals surface area contributed by atoms with Gasteiger partial charge in [0.1, 0.15) is 22.8 Å².